The number of carbonyl (C=O) groups is 1. The van der Waals surface area contributed by atoms with Crippen LogP contribution in [0.2, 0.25) is 5.02 Å². The Morgan fingerprint density at radius 1 is 1.30 bits per heavy atom. The number of fused-ring (bicyclic) bond motifs is 1. The number of aromatic nitrogens is 1. The molecule has 4 rings (SSSR count). The summed E-state index contributed by atoms with van der Waals surface area (Å²) in [5, 5.41) is 9.75. The molecule has 3 aromatic rings. The Morgan fingerprint density at radius 3 is 2.73 bits per heavy atom. The van der Waals surface area contributed by atoms with Gasteiger partial charge in [-0.15, -0.1) is 0 Å². The number of hydrogen-bond acceptors (Lipinski definition) is 4. The third-order valence-electron chi connectivity index (χ3n) is 6.10. The van der Waals surface area contributed by atoms with Gasteiger partial charge in [-0.3, -0.25) is 9.69 Å². The molecular formula is C23H24BrClN2O3. The summed E-state index contributed by atoms with van der Waals surface area (Å²) in [5.74, 6) is -0.311. The summed E-state index contributed by atoms with van der Waals surface area (Å²) in [6.07, 6.45) is 3.28. The average molecular weight is 492 g/mol. The third kappa shape index (κ3) is 4.27. The fourth-order valence-corrected chi connectivity index (χ4v) is 4.91. The molecule has 1 heterocycles. The van der Waals surface area contributed by atoms with Gasteiger partial charge in [0, 0.05) is 22.6 Å². The number of nitrogens with zero attached hydrogens (tertiary/aromatic N) is 2. The summed E-state index contributed by atoms with van der Waals surface area (Å²) in [5.41, 5.74) is 4.41. The van der Waals surface area contributed by atoms with Crippen LogP contribution in [0, 0.1) is 12.8 Å². The van der Waals surface area contributed by atoms with Crippen molar-refractivity contribution < 1.29 is 14.3 Å². The molecule has 2 aromatic carbocycles. The van der Waals surface area contributed by atoms with E-state index < -0.39 is 5.97 Å². The van der Waals surface area contributed by atoms with Crippen LogP contribution in [0.1, 0.15) is 36.8 Å². The molecule has 0 unspecified atom stereocenters. The lowest BCUT2D eigenvalue weighted by molar-refractivity contribution is -0.143. The maximum atomic E-state index is 11.2. The predicted molar refractivity (Wildman–Crippen MR) is 122 cm³/mol. The third-order valence-corrected chi connectivity index (χ3v) is 7.24. The molecule has 1 aliphatic rings. The Labute approximate surface area is 189 Å². The number of hydrogen-bond donors (Lipinski definition) is 1. The highest BCUT2D eigenvalue weighted by atomic mass is 79.9. The molecule has 1 saturated carbocycles. The van der Waals surface area contributed by atoms with Gasteiger partial charge in [0.05, 0.1) is 10.9 Å². The normalized spacial score (nSPS) is 19.5. The molecule has 0 radical (unpaired) electrons. The second kappa shape index (κ2) is 8.69. The summed E-state index contributed by atoms with van der Waals surface area (Å²) < 4.78 is 7.01. The maximum Gasteiger partial charge on any atom is 0.306 e. The predicted octanol–water partition coefficient (Wildman–Crippen LogP) is 6.29. The number of oxazole rings is 1. The topological polar surface area (TPSA) is 66.6 Å². The minimum Gasteiger partial charge on any atom is -0.481 e. The molecule has 30 heavy (non-hydrogen) atoms. The fourth-order valence-electron chi connectivity index (χ4n) is 4.27. The van der Waals surface area contributed by atoms with E-state index >= 15 is 0 Å². The van der Waals surface area contributed by atoms with Gasteiger partial charge >= 0.3 is 5.97 Å². The standard InChI is InChI=1S/C23H24BrClN2O3/c1-13-17(4-3-5-18(13)24)22-26-20-11-14(10-19(25)21(20)30-22)12-27(2)16-8-6-15(7-9-16)23(28)29/h3-5,10-11,15-16H,6-9,12H2,1-2H3,(H,28,29). The fraction of sp³-hybridized carbons (Fsp3) is 0.391. The molecule has 1 fully saturated rings. The minimum atomic E-state index is -0.671. The molecule has 0 aliphatic heterocycles. The summed E-state index contributed by atoms with van der Waals surface area (Å²) in [6.45, 7) is 2.76. The number of aliphatic carboxylic acids is 1. The van der Waals surface area contributed by atoms with Crippen LogP contribution in [0.15, 0.2) is 39.2 Å². The van der Waals surface area contributed by atoms with E-state index in [-0.39, 0.29) is 5.92 Å². The van der Waals surface area contributed by atoms with Crippen LogP contribution in [-0.2, 0) is 11.3 Å². The lowest BCUT2D eigenvalue weighted by Gasteiger charge is -2.33. The van der Waals surface area contributed by atoms with Crippen molar-refractivity contribution in [2.75, 3.05) is 7.05 Å². The van der Waals surface area contributed by atoms with E-state index in [4.69, 9.17) is 21.0 Å². The zero-order valence-electron chi connectivity index (χ0n) is 17.0. The highest BCUT2D eigenvalue weighted by Crippen LogP contribution is 2.34. The van der Waals surface area contributed by atoms with Crippen molar-refractivity contribution >= 4 is 44.6 Å². The van der Waals surface area contributed by atoms with Crippen molar-refractivity contribution in [2.24, 2.45) is 5.92 Å². The molecule has 0 bridgehead atoms. The monoisotopic (exact) mass is 490 g/mol. The highest BCUT2D eigenvalue weighted by molar-refractivity contribution is 9.10. The molecule has 0 spiro atoms. The van der Waals surface area contributed by atoms with Crippen LogP contribution in [0.3, 0.4) is 0 Å². The van der Waals surface area contributed by atoms with Crippen LogP contribution in [-0.4, -0.2) is 34.0 Å². The van der Waals surface area contributed by atoms with Crippen LogP contribution in [0.5, 0.6) is 0 Å². The van der Waals surface area contributed by atoms with Crippen LogP contribution in [0.4, 0.5) is 0 Å². The first-order chi connectivity index (χ1) is 14.3. The van der Waals surface area contributed by atoms with Crippen molar-refractivity contribution in [1.82, 2.24) is 9.88 Å². The van der Waals surface area contributed by atoms with E-state index in [1.165, 1.54) is 0 Å². The number of rotatable bonds is 5. The van der Waals surface area contributed by atoms with E-state index in [1.54, 1.807) is 0 Å². The number of benzene rings is 2. The van der Waals surface area contributed by atoms with E-state index in [2.05, 4.69) is 27.9 Å². The van der Waals surface area contributed by atoms with Crippen LogP contribution >= 0.6 is 27.5 Å². The summed E-state index contributed by atoms with van der Waals surface area (Å²) in [7, 11) is 2.09. The van der Waals surface area contributed by atoms with Gasteiger partial charge in [-0.05, 0) is 75.0 Å². The van der Waals surface area contributed by atoms with Gasteiger partial charge in [-0.25, -0.2) is 4.98 Å². The largest absolute Gasteiger partial charge is 0.481 e. The highest BCUT2D eigenvalue weighted by Gasteiger charge is 2.28. The first kappa shape index (κ1) is 21.3. The Hall–Kier alpha value is -1.89. The SMILES string of the molecule is Cc1c(Br)cccc1-c1nc2cc(CN(C)C3CCC(C(=O)O)CC3)cc(Cl)c2o1. The molecule has 1 aromatic heterocycles. The van der Waals surface area contributed by atoms with Gasteiger partial charge in [0.2, 0.25) is 5.89 Å². The van der Waals surface area contributed by atoms with E-state index in [0.29, 0.717) is 22.5 Å². The van der Waals surface area contributed by atoms with E-state index in [0.717, 1.165) is 58.9 Å². The molecule has 7 heteroatoms. The molecule has 0 atom stereocenters. The van der Waals surface area contributed by atoms with Gasteiger partial charge in [-0.2, -0.15) is 0 Å². The maximum absolute atomic E-state index is 11.2. The number of carboxylic acid groups (broad SMARTS) is 1. The number of halogens is 2. The summed E-state index contributed by atoms with van der Waals surface area (Å²) in [4.78, 5) is 18.2. The van der Waals surface area contributed by atoms with Crippen LogP contribution < -0.4 is 0 Å². The van der Waals surface area contributed by atoms with Crippen molar-refractivity contribution in [3.05, 3.63) is 51.0 Å². The summed E-state index contributed by atoms with van der Waals surface area (Å²) >= 11 is 10.1. The summed E-state index contributed by atoms with van der Waals surface area (Å²) in [6, 6.07) is 10.3. The second-order valence-corrected chi connectivity index (χ2v) is 9.38. The van der Waals surface area contributed by atoms with Crippen molar-refractivity contribution in [1.29, 1.82) is 0 Å². The lowest BCUT2D eigenvalue weighted by atomic mass is 9.85. The smallest absolute Gasteiger partial charge is 0.306 e. The Kier molecular flexibility index (Phi) is 6.19. The number of carboxylic acids is 1. The Balaban J connectivity index is 1.54. The first-order valence-electron chi connectivity index (χ1n) is 10.1. The molecule has 5 nitrogen and oxygen atoms in total. The van der Waals surface area contributed by atoms with Crippen molar-refractivity contribution in [3.8, 4) is 11.5 Å². The van der Waals surface area contributed by atoms with E-state index in [9.17, 15) is 9.90 Å². The molecule has 0 saturated heterocycles. The lowest BCUT2D eigenvalue weighted by Crippen LogP contribution is -2.36. The van der Waals surface area contributed by atoms with Gasteiger partial charge < -0.3 is 9.52 Å². The molecule has 0 amide bonds. The van der Waals surface area contributed by atoms with Gasteiger partial charge in [0.1, 0.15) is 5.52 Å². The first-order valence-corrected chi connectivity index (χ1v) is 11.3. The van der Waals surface area contributed by atoms with Gasteiger partial charge in [0.25, 0.3) is 0 Å². The zero-order chi connectivity index (χ0) is 21.4. The van der Waals surface area contributed by atoms with E-state index in [1.807, 2.05) is 37.3 Å². The quantitative estimate of drug-likeness (QED) is 0.454. The molecule has 1 N–H and O–H groups in total. The minimum absolute atomic E-state index is 0.199. The van der Waals surface area contributed by atoms with Gasteiger partial charge in [-0.1, -0.05) is 33.6 Å². The Bertz CT molecular complexity index is 1090. The second-order valence-electron chi connectivity index (χ2n) is 8.12. The Morgan fingerprint density at radius 2 is 2.03 bits per heavy atom. The molecule has 158 valence electrons. The molecular weight excluding hydrogens is 468 g/mol. The average Bonchev–Trinajstić information content (AvgIpc) is 3.14. The molecule has 1 aliphatic carbocycles. The van der Waals surface area contributed by atoms with Crippen molar-refractivity contribution in [2.45, 2.75) is 45.2 Å². The van der Waals surface area contributed by atoms with Crippen LogP contribution in [0.25, 0.3) is 22.6 Å². The van der Waals surface area contributed by atoms with Crippen molar-refractivity contribution in [3.63, 3.8) is 0 Å². The van der Waals surface area contributed by atoms with Gasteiger partial charge in [0.15, 0.2) is 5.58 Å². The zero-order valence-corrected chi connectivity index (χ0v) is 19.3.